The van der Waals surface area contributed by atoms with Crippen LogP contribution in [-0.2, 0) is 9.59 Å². The fourth-order valence-corrected chi connectivity index (χ4v) is 2.97. The summed E-state index contributed by atoms with van der Waals surface area (Å²) in [7, 11) is 1.72. The van der Waals surface area contributed by atoms with E-state index in [0.29, 0.717) is 0 Å². The van der Waals surface area contributed by atoms with Crippen LogP contribution in [0.2, 0.25) is 0 Å². The van der Waals surface area contributed by atoms with Gasteiger partial charge >= 0.3 is 0 Å². The fraction of sp³-hybridized carbons (Fsp3) is 0.222. The van der Waals surface area contributed by atoms with Gasteiger partial charge in [-0.25, -0.2) is 0 Å². The molecule has 0 aromatic heterocycles. The summed E-state index contributed by atoms with van der Waals surface area (Å²) < 4.78 is 0. The summed E-state index contributed by atoms with van der Waals surface area (Å²) in [6.07, 6.45) is 0.0317. The summed E-state index contributed by atoms with van der Waals surface area (Å²) in [5.74, 6) is -1.06. The van der Waals surface area contributed by atoms with Gasteiger partial charge in [-0.1, -0.05) is 18.2 Å². The maximum atomic E-state index is 12.3. The number of nitrogens with zero attached hydrogens (tertiary/aromatic N) is 1. The SMILES string of the molecule is Cc1ccccc1Nc1ccc2c(c1)C(CC(N)=O)C(=O)N2C. The third-order valence-electron chi connectivity index (χ3n) is 4.22. The Morgan fingerprint density at radius 1 is 1.26 bits per heavy atom. The van der Waals surface area contributed by atoms with Crippen LogP contribution in [0, 0.1) is 6.92 Å². The Morgan fingerprint density at radius 3 is 2.70 bits per heavy atom. The second-order valence-electron chi connectivity index (χ2n) is 5.83. The average molecular weight is 309 g/mol. The van der Waals surface area contributed by atoms with Gasteiger partial charge in [-0.2, -0.15) is 0 Å². The minimum Gasteiger partial charge on any atom is -0.370 e. The zero-order valence-corrected chi connectivity index (χ0v) is 13.2. The van der Waals surface area contributed by atoms with Crippen LogP contribution in [0.25, 0.3) is 0 Å². The minimum atomic E-state index is -0.494. The molecule has 2 amide bonds. The molecule has 3 rings (SSSR count). The van der Waals surface area contributed by atoms with Crippen molar-refractivity contribution in [3.63, 3.8) is 0 Å². The van der Waals surface area contributed by atoms with Crippen LogP contribution in [0.1, 0.15) is 23.5 Å². The normalized spacial score (nSPS) is 16.3. The Labute approximate surface area is 135 Å². The highest BCUT2D eigenvalue weighted by molar-refractivity contribution is 6.06. The van der Waals surface area contributed by atoms with Crippen molar-refractivity contribution in [2.24, 2.45) is 5.73 Å². The first-order valence-corrected chi connectivity index (χ1v) is 7.50. The van der Waals surface area contributed by atoms with E-state index in [1.54, 1.807) is 11.9 Å². The summed E-state index contributed by atoms with van der Waals surface area (Å²) in [6.45, 7) is 2.03. The number of benzene rings is 2. The first-order chi connectivity index (χ1) is 11.0. The Kier molecular flexibility index (Phi) is 3.78. The fourth-order valence-electron chi connectivity index (χ4n) is 2.97. The molecule has 0 aliphatic carbocycles. The molecule has 5 nitrogen and oxygen atoms in total. The molecule has 2 aromatic carbocycles. The van der Waals surface area contributed by atoms with Gasteiger partial charge in [0, 0.05) is 30.5 Å². The van der Waals surface area contributed by atoms with E-state index in [9.17, 15) is 9.59 Å². The van der Waals surface area contributed by atoms with Crippen molar-refractivity contribution in [1.29, 1.82) is 0 Å². The predicted octanol–water partition coefficient (Wildman–Crippen LogP) is 2.67. The van der Waals surface area contributed by atoms with Gasteiger partial charge in [-0.15, -0.1) is 0 Å². The number of fused-ring (bicyclic) bond motifs is 1. The Balaban J connectivity index is 1.95. The number of nitrogens with one attached hydrogen (secondary N) is 1. The minimum absolute atomic E-state index is 0.0317. The number of nitrogens with two attached hydrogens (primary N) is 1. The van der Waals surface area contributed by atoms with Gasteiger partial charge in [-0.3, -0.25) is 9.59 Å². The number of primary amides is 1. The van der Waals surface area contributed by atoms with Gasteiger partial charge in [0.1, 0.15) is 0 Å². The Hall–Kier alpha value is -2.82. The molecule has 23 heavy (non-hydrogen) atoms. The molecular weight excluding hydrogens is 290 g/mol. The number of hydrogen-bond acceptors (Lipinski definition) is 3. The lowest BCUT2D eigenvalue weighted by molar-refractivity contribution is -0.124. The van der Waals surface area contributed by atoms with Crippen LogP contribution in [-0.4, -0.2) is 18.9 Å². The van der Waals surface area contributed by atoms with Gasteiger partial charge in [0.05, 0.1) is 5.92 Å². The molecule has 0 saturated heterocycles. The number of aryl methyl sites for hydroxylation is 1. The molecule has 0 spiro atoms. The molecule has 0 saturated carbocycles. The number of anilines is 3. The van der Waals surface area contributed by atoms with Crippen molar-refractivity contribution < 1.29 is 9.59 Å². The standard InChI is InChI=1S/C18H19N3O2/c1-11-5-3-4-6-15(11)20-12-7-8-16-13(9-12)14(10-17(19)22)18(23)21(16)2/h3-9,14,20H,10H2,1-2H3,(H2,19,22). The van der Waals surface area contributed by atoms with Crippen LogP contribution in [0.5, 0.6) is 0 Å². The molecule has 118 valence electrons. The molecule has 1 aliphatic heterocycles. The highest BCUT2D eigenvalue weighted by atomic mass is 16.2. The summed E-state index contributed by atoms with van der Waals surface area (Å²) >= 11 is 0. The number of carbonyl (C=O) groups excluding carboxylic acids is 2. The van der Waals surface area contributed by atoms with Crippen molar-refractivity contribution in [2.75, 3.05) is 17.3 Å². The molecular formula is C18H19N3O2. The van der Waals surface area contributed by atoms with Crippen molar-refractivity contribution >= 4 is 28.9 Å². The van der Waals surface area contributed by atoms with Crippen LogP contribution in [0.3, 0.4) is 0 Å². The van der Waals surface area contributed by atoms with E-state index < -0.39 is 11.8 Å². The number of amides is 2. The lowest BCUT2D eigenvalue weighted by Crippen LogP contribution is -2.26. The molecule has 2 aromatic rings. The second-order valence-corrected chi connectivity index (χ2v) is 5.83. The largest absolute Gasteiger partial charge is 0.370 e. The smallest absolute Gasteiger partial charge is 0.234 e. The molecule has 0 bridgehead atoms. The maximum absolute atomic E-state index is 12.3. The van der Waals surface area contributed by atoms with Gasteiger partial charge in [0.25, 0.3) is 0 Å². The van der Waals surface area contributed by atoms with Crippen molar-refractivity contribution in [2.45, 2.75) is 19.3 Å². The third kappa shape index (κ3) is 2.77. The molecule has 0 fully saturated rings. The molecule has 1 unspecified atom stereocenters. The van der Waals surface area contributed by atoms with E-state index in [-0.39, 0.29) is 12.3 Å². The topological polar surface area (TPSA) is 75.4 Å². The molecule has 1 aliphatic rings. The van der Waals surface area contributed by atoms with Crippen LogP contribution < -0.4 is 16.0 Å². The zero-order valence-electron chi connectivity index (χ0n) is 13.2. The van der Waals surface area contributed by atoms with Crippen LogP contribution in [0.4, 0.5) is 17.1 Å². The summed E-state index contributed by atoms with van der Waals surface area (Å²) in [6, 6.07) is 13.7. The first kappa shape index (κ1) is 15.1. The van der Waals surface area contributed by atoms with E-state index in [0.717, 1.165) is 28.2 Å². The summed E-state index contributed by atoms with van der Waals surface area (Å²) in [4.78, 5) is 25.2. The van der Waals surface area contributed by atoms with Gasteiger partial charge in [0.2, 0.25) is 11.8 Å². The highest BCUT2D eigenvalue weighted by Crippen LogP contribution is 2.40. The second kappa shape index (κ2) is 5.76. The van der Waals surface area contributed by atoms with Crippen LogP contribution >= 0.6 is 0 Å². The van der Waals surface area contributed by atoms with Crippen molar-refractivity contribution in [3.05, 3.63) is 53.6 Å². The monoisotopic (exact) mass is 309 g/mol. The van der Waals surface area contributed by atoms with Gasteiger partial charge in [-0.05, 0) is 42.3 Å². The van der Waals surface area contributed by atoms with E-state index in [4.69, 9.17) is 5.73 Å². The number of likely N-dealkylation sites (N-methyl/N-ethyl adjacent to an activating group) is 1. The van der Waals surface area contributed by atoms with Crippen molar-refractivity contribution in [3.8, 4) is 0 Å². The predicted molar refractivity (Wildman–Crippen MR) is 90.9 cm³/mol. The Morgan fingerprint density at radius 2 is 2.00 bits per heavy atom. The first-order valence-electron chi connectivity index (χ1n) is 7.50. The summed E-state index contributed by atoms with van der Waals surface area (Å²) in [5.41, 5.74) is 10.00. The lowest BCUT2D eigenvalue weighted by atomic mass is 9.96. The zero-order chi connectivity index (χ0) is 16.6. The van der Waals surface area contributed by atoms with Crippen molar-refractivity contribution in [1.82, 2.24) is 0 Å². The highest BCUT2D eigenvalue weighted by Gasteiger charge is 2.36. The maximum Gasteiger partial charge on any atom is 0.234 e. The Bertz CT molecular complexity index is 786. The van der Waals surface area contributed by atoms with E-state index in [1.165, 1.54) is 0 Å². The van der Waals surface area contributed by atoms with E-state index in [1.807, 2.05) is 49.4 Å². The number of para-hydroxylation sites is 1. The molecule has 1 atom stereocenters. The van der Waals surface area contributed by atoms with E-state index >= 15 is 0 Å². The molecule has 0 radical (unpaired) electrons. The van der Waals surface area contributed by atoms with E-state index in [2.05, 4.69) is 5.32 Å². The summed E-state index contributed by atoms with van der Waals surface area (Å²) in [5, 5.41) is 3.36. The third-order valence-corrected chi connectivity index (χ3v) is 4.22. The number of hydrogen-bond donors (Lipinski definition) is 2. The average Bonchev–Trinajstić information content (AvgIpc) is 2.74. The molecule has 3 N–H and O–H groups in total. The van der Waals surface area contributed by atoms with Gasteiger partial charge in [0.15, 0.2) is 0 Å². The number of rotatable bonds is 4. The molecule has 1 heterocycles. The quantitative estimate of drug-likeness (QED) is 0.911. The lowest BCUT2D eigenvalue weighted by Gasteiger charge is -2.13. The van der Waals surface area contributed by atoms with Crippen LogP contribution in [0.15, 0.2) is 42.5 Å². The number of carbonyl (C=O) groups is 2. The van der Waals surface area contributed by atoms with Gasteiger partial charge < -0.3 is 16.0 Å². The molecule has 5 heteroatoms.